The Morgan fingerprint density at radius 2 is 2.12 bits per heavy atom. The number of carbonyl (C=O) groups is 2. The molecular weight excluding hydrogens is 312 g/mol. The third-order valence-electron chi connectivity index (χ3n) is 4.09. The maximum Gasteiger partial charge on any atom is 0.341 e. The molecule has 1 saturated heterocycles. The van der Waals surface area contributed by atoms with Gasteiger partial charge in [-0.25, -0.2) is 4.79 Å². The fourth-order valence-corrected chi connectivity index (χ4v) is 2.86. The Labute approximate surface area is 138 Å². The van der Waals surface area contributed by atoms with Crippen molar-refractivity contribution in [1.82, 2.24) is 4.98 Å². The summed E-state index contributed by atoms with van der Waals surface area (Å²) < 4.78 is 10.4. The van der Waals surface area contributed by atoms with E-state index in [2.05, 4.69) is 4.98 Å². The monoisotopic (exact) mass is 330 g/mol. The molecule has 7 nitrogen and oxygen atoms in total. The number of hydrogen-bond acceptors (Lipinski definition) is 6. The Balaban J connectivity index is 2.12. The Hall–Kier alpha value is -2.83. The zero-order chi connectivity index (χ0) is 17.3. The van der Waals surface area contributed by atoms with Gasteiger partial charge in [0.2, 0.25) is 0 Å². The topological polar surface area (TPSA) is 89.0 Å². The van der Waals surface area contributed by atoms with Gasteiger partial charge in [0.15, 0.2) is 0 Å². The Kier molecular flexibility index (Phi) is 4.24. The van der Waals surface area contributed by atoms with Crippen molar-refractivity contribution >= 4 is 28.5 Å². The number of anilines is 1. The van der Waals surface area contributed by atoms with Gasteiger partial charge in [-0.1, -0.05) is 12.1 Å². The quantitative estimate of drug-likeness (QED) is 0.838. The number of rotatable bonds is 5. The number of ether oxygens (including phenoxy) is 2. The highest BCUT2D eigenvalue weighted by Gasteiger charge is 2.36. The van der Waals surface area contributed by atoms with Crippen molar-refractivity contribution in [3.63, 3.8) is 0 Å². The number of aromatic nitrogens is 1. The van der Waals surface area contributed by atoms with Crippen LogP contribution < -0.4 is 9.64 Å². The molecule has 0 atom stereocenters. The molecule has 1 N–H and O–H groups in total. The third kappa shape index (κ3) is 2.62. The number of fused-ring (bicyclic) bond motifs is 1. The summed E-state index contributed by atoms with van der Waals surface area (Å²) in [6.07, 6.45) is 1.46. The summed E-state index contributed by atoms with van der Waals surface area (Å²) in [6.45, 7) is 2.68. The van der Waals surface area contributed by atoms with E-state index in [0.717, 1.165) is 5.39 Å². The minimum Gasteiger partial charge on any atom is -0.494 e. The molecule has 0 bridgehead atoms. The number of methoxy groups -OCH3 is 1. The van der Waals surface area contributed by atoms with Crippen LogP contribution in [0.5, 0.6) is 5.75 Å². The molecule has 7 heteroatoms. The number of carboxylic acid groups (broad SMARTS) is 1. The predicted octanol–water partition coefficient (Wildman–Crippen LogP) is 1.94. The van der Waals surface area contributed by atoms with Gasteiger partial charge in [0.25, 0.3) is 0 Å². The number of carboxylic acids is 1. The lowest BCUT2D eigenvalue weighted by Gasteiger charge is -2.39. The van der Waals surface area contributed by atoms with Gasteiger partial charge in [-0.15, -0.1) is 0 Å². The molecule has 24 heavy (non-hydrogen) atoms. The number of para-hydroxylation sites is 1. The lowest BCUT2D eigenvalue weighted by molar-refractivity contribution is -0.142. The molecule has 126 valence electrons. The highest BCUT2D eigenvalue weighted by atomic mass is 16.5. The zero-order valence-electron chi connectivity index (χ0n) is 13.5. The van der Waals surface area contributed by atoms with E-state index < -0.39 is 17.9 Å². The summed E-state index contributed by atoms with van der Waals surface area (Å²) in [7, 11) is 1.56. The molecule has 3 rings (SSSR count). The Bertz CT molecular complexity index is 799. The van der Waals surface area contributed by atoms with Gasteiger partial charge in [0, 0.05) is 24.7 Å². The van der Waals surface area contributed by atoms with Gasteiger partial charge < -0.3 is 19.5 Å². The average Bonchev–Trinajstić information content (AvgIpc) is 2.52. The number of pyridine rings is 1. The second-order valence-electron chi connectivity index (χ2n) is 5.54. The van der Waals surface area contributed by atoms with Crippen LogP contribution in [0, 0.1) is 5.92 Å². The van der Waals surface area contributed by atoms with Crippen molar-refractivity contribution in [3.8, 4) is 5.75 Å². The largest absolute Gasteiger partial charge is 0.494 e. The van der Waals surface area contributed by atoms with Crippen LogP contribution >= 0.6 is 0 Å². The lowest BCUT2D eigenvalue weighted by Crippen LogP contribution is -2.51. The van der Waals surface area contributed by atoms with Crippen LogP contribution in [0.4, 0.5) is 5.69 Å². The van der Waals surface area contributed by atoms with Gasteiger partial charge in [0.05, 0.1) is 25.3 Å². The first kappa shape index (κ1) is 16.0. The molecule has 1 aromatic heterocycles. The zero-order valence-corrected chi connectivity index (χ0v) is 13.5. The van der Waals surface area contributed by atoms with Crippen LogP contribution in [0.25, 0.3) is 10.9 Å². The summed E-state index contributed by atoms with van der Waals surface area (Å²) in [5.74, 6) is -1.14. The van der Waals surface area contributed by atoms with E-state index in [-0.39, 0.29) is 6.61 Å². The second-order valence-corrected chi connectivity index (χ2v) is 5.54. The van der Waals surface area contributed by atoms with E-state index >= 15 is 0 Å². The van der Waals surface area contributed by atoms with Crippen LogP contribution in [0.2, 0.25) is 0 Å². The molecule has 0 radical (unpaired) electrons. The molecule has 1 aliphatic heterocycles. The molecule has 0 unspecified atom stereocenters. The molecule has 1 aromatic carbocycles. The molecule has 2 heterocycles. The van der Waals surface area contributed by atoms with Gasteiger partial charge in [0.1, 0.15) is 16.8 Å². The molecule has 0 saturated carbocycles. The molecule has 0 amide bonds. The summed E-state index contributed by atoms with van der Waals surface area (Å²) >= 11 is 0. The summed E-state index contributed by atoms with van der Waals surface area (Å²) in [5.41, 5.74) is 1.61. The minimum atomic E-state index is -0.833. The smallest absolute Gasteiger partial charge is 0.341 e. The van der Waals surface area contributed by atoms with Crippen molar-refractivity contribution in [3.05, 3.63) is 30.0 Å². The van der Waals surface area contributed by atoms with Crippen molar-refractivity contribution in [2.24, 2.45) is 5.92 Å². The van der Waals surface area contributed by atoms with Gasteiger partial charge in [-0.3, -0.25) is 9.78 Å². The van der Waals surface area contributed by atoms with Gasteiger partial charge in [-0.2, -0.15) is 0 Å². The first-order chi connectivity index (χ1) is 11.6. The fourth-order valence-electron chi connectivity index (χ4n) is 2.86. The molecule has 1 aliphatic rings. The summed E-state index contributed by atoms with van der Waals surface area (Å²) in [6, 6.07) is 5.45. The summed E-state index contributed by atoms with van der Waals surface area (Å²) in [5, 5.41) is 9.85. The Morgan fingerprint density at radius 1 is 1.38 bits per heavy atom. The van der Waals surface area contributed by atoms with E-state index in [0.29, 0.717) is 35.6 Å². The molecule has 0 spiro atoms. The first-order valence-electron chi connectivity index (χ1n) is 7.67. The molecule has 1 fully saturated rings. The van der Waals surface area contributed by atoms with Gasteiger partial charge >= 0.3 is 11.9 Å². The van der Waals surface area contributed by atoms with Crippen LogP contribution in [-0.4, -0.2) is 48.8 Å². The summed E-state index contributed by atoms with van der Waals surface area (Å²) in [4.78, 5) is 29.6. The maximum atomic E-state index is 12.3. The number of esters is 1. The Morgan fingerprint density at radius 3 is 2.75 bits per heavy atom. The highest BCUT2D eigenvalue weighted by Crippen LogP contribution is 2.37. The maximum absolute atomic E-state index is 12.3. The van der Waals surface area contributed by atoms with E-state index in [1.54, 1.807) is 20.1 Å². The van der Waals surface area contributed by atoms with Crippen molar-refractivity contribution < 1.29 is 24.2 Å². The van der Waals surface area contributed by atoms with Crippen LogP contribution in [0.15, 0.2) is 24.4 Å². The highest BCUT2D eigenvalue weighted by molar-refractivity contribution is 6.07. The number of hydrogen-bond donors (Lipinski definition) is 1. The van der Waals surface area contributed by atoms with Crippen LogP contribution in [-0.2, 0) is 9.53 Å². The van der Waals surface area contributed by atoms with E-state index in [9.17, 15) is 9.59 Å². The predicted molar refractivity (Wildman–Crippen MR) is 87.6 cm³/mol. The average molecular weight is 330 g/mol. The third-order valence-corrected chi connectivity index (χ3v) is 4.09. The van der Waals surface area contributed by atoms with E-state index in [4.69, 9.17) is 14.6 Å². The molecular formula is C17H18N2O5. The number of carbonyl (C=O) groups excluding carboxylic acids is 1. The van der Waals surface area contributed by atoms with Crippen LogP contribution in [0.1, 0.15) is 17.3 Å². The van der Waals surface area contributed by atoms with Crippen LogP contribution in [0.3, 0.4) is 0 Å². The van der Waals surface area contributed by atoms with E-state index in [1.807, 2.05) is 17.0 Å². The standard InChI is InChI=1S/C17H18N2O5/c1-3-24-17(22)12-7-18-14-11(5-4-6-13(14)23-2)15(12)19-8-10(9-19)16(20)21/h4-7,10H,3,8-9H2,1-2H3,(H,20,21). The van der Waals surface area contributed by atoms with Crippen molar-refractivity contribution in [2.45, 2.75) is 6.92 Å². The van der Waals surface area contributed by atoms with Crippen molar-refractivity contribution in [2.75, 3.05) is 31.7 Å². The first-order valence-corrected chi connectivity index (χ1v) is 7.67. The fraction of sp³-hybridized carbons (Fsp3) is 0.353. The number of benzene rings is 1. The second kappa shape index (κ2) is 6.35. The van der Waals surface area contributed by atoms with Gasteiger partial charge in [-0.05, 0) is 13.0 Å². The minimum absolute atomic E-state index is 0.256. The normalized spacial score (nSPS) is 14.3. The molecule has 2 aromatic rings. The SMILES string of the molecule is CCOC(=O)c1cnc2c(OC)cccc2c1N1CC(C(=O)O)C1. The number of nitrogens with zero attached hydrogens (tertiary/aromatic N) is 2. The van der Waals surface area contributed by atoms with E-state index in [1.165, 1.54) is 6.20 Å². The molecule has 0 aliphatic carbocycles. The number of aliphatic carboxylic acids is 1. The van der Waals surface area contributed by atoms with Crippen molar-refractivity contribution in [1.29, 1.82) is 0 Å². The lowest BCUT2D eigenvalue weighted by atomic mass is 9.96.